The molecule has 8 heteroatoms. The van der Waals surface area contributed by atoms with Gasteiger partial charge >= 0.3 is 0 Å². The number of hydrogen-bond donors (Lipinski definition) is 2. The molecule has 4 aliphatic rings. The molecule has 1 saturated carbocycles. The number of nitrogens with one attached hydrogen (secondary N) is 2. The maximum Gasteiger partial charge on any atom is 0.246 e. The first kappa shape index (κ1) is 22.9. The third kappa shape index (κ3) is 3.46. The average molecular weight is 487 g/mol. The van der Waals surface area contributed by atoms with Crippen molar-refractivity contribution in [1.29, 1.82) is 0 Å². The zero-order valence-electron chi connectivity index (χ0n) is 20.2. The van der Waals surface area contributed by atoms with Crippen molar-refractivity contribution in [2.75, 3.05) is 10.2 Å². The number of aromatic nitrogens is 1. The molecule has 2 bridgehead atoms. The lowest BCUT2D eigenvalue weighted by Gasteiger charge is -2.34. The number of amides is 3. The van der Waals surface area contributed by atoms with Gasteiger partial charge in [-0.05, 0) is 44.0 Å². The van der Waals surface area contributed by atoms with E-state index in [4.69, 9.17) is 4.74 Å². The van der Waals surface area contributed by atoms with Crippen molar-refractivity contribution in [3.05, 3.63) is 67.0 Å². The Bertz CT molecular complexity index is 1210. The number of rotatable bonds is 5. The molecule has 1 aliphatic carbocycles. The summed E-state index contributed by atoms with van der Waals surface area (Å²) in [4.78, 5) is 47.3. The summed E-state index contributed by atoms with van der Waals surface area (Å²) in [6, 6.07) is 11.8. The van der Waals surface area contributed by atoms with Gasteiger partial charge in [0.1, 0.15) is 11.6 Å². The molecular weight excluding hydrogens is 456 g/mol. The molecule has 1 aromatic heterocycles. The van der Waals surface area contributed by atoms with E-state index in [1.165, 1.54) is 11.3 Å². The molecular formula is C28H30N4O4. The standard InChI is InChI=1S/C28H30N4O4/c1-27-14-15-28(36-27)22(21(27)24(33)30-18-9-4-2-5-10-18)26(35)32(20-13-8-16-29-17-20)23(28)25(34)31-19-11-6-3-7-12-19/h2,4-5,8-10,13-17,19,21-23H,3,6-7,11-12H2,1H3,(H,30,33)(H,31,34)/t21-,22+,23-,27+,28+/m1/s1. The highest BCUT2D eigenvalue weighted by molar-refractivity contribution is 6.11. The fourth-order valence-corrected chi connectivity index (χ4v) is 6.58. The maximum absolute atomic E-state index is 14.1. The Labute approximate surface area is 210 Å². The van der Waals surface area contributed by atoms with E-state index in [2.05, 4.69) is 15.6 Å². The van der Waals surface area contributed by atoms with Gasteiger partial charge in [0, 0.05) is 17.9 Å². The lowest BCUT2D eigenvalue weighted by atomic mass is 9.70. The molecule has 6 rings (SSSR count). The Balaban J connectivity index is 1.39. The van der Waals surface area contributed by atoms with Gasteiger partial charge in [0.15, 0.2) is 0 Å². The van der Waals surface area contributed by atoms with E-state index in [1.807, 2.05) is 37.3 Å². The summed E-state index contributed by atoms with van der Waals surface area (Å²) < 4.78 is 6.57. The third-order valence-corrected chi connectivity index (χ3v) is 8.15. The van der Waals surface area contributed by atoms with Crippen molar-refractivity contribution in [3.63, 3.8) is 0 Å². The van der Waals surface area contributed by atoms with Crippen LogP contribution in [0.3, 0.4) is 0 Å². The molecule has 5 atom stereocenters. The number of nitrogens with zero attached hydrogens (tertiary/aromatic N) is 2. The SMILES string of the molecule is C[C@@]12C=C[C@]3(O1)[C@H](C(=O)N(c1cccnc1)[C@@H]3C(=O)NC1CCCCC1)[C@@H]2C(=O)Nc1ccccc1. The summed E-state index contributed by atoms with van der Waals surface area (Å²) in [7, 11) is 0. The number of benzene rings is 1. The van der Waals surface area contributed by atoms with Crippen molar-refractivity contribution in [3.8, 4) is 0 Å². The lowest BCUT2D eigenvalue weighted by molar-refractivity contribution is -0.131. The van der Waals surface area contributed by atoms with Gasteiger partial charge in [-0.2, -0.15) is 0 Å². The van der Waals surface area contributed by atoms with Crippen LogP contribution in [0, 0.1) is 11.8 Å². The first-order valence-electron chi connectivity index (χ1n) is 12.7. The second-order valence-corrected chi connectivity index (χ2v) is 10.4. The minimum absolute atomic E-state index is 0.0721. The second kappa shape index (κ2) is 8.55. The van der Waals surface area contributed by atoms with E-state index < -0.39 is 29.1 Å². The Kier molecular flexibility index (Phi) is 5.44. The molecule has 2 N–H and O–H groups in total. The summed E-state index contributed by atoms with van der Waals surface area (Å²) in [5.41, 5.74) is -1.07. The van der Waals surface area contributed by atoms with Gasteiger partial charge in [-0.1, -0.05) is 49.6 Å². The number of pyridine rings is 1. The molecule has 186 valence electrons. The van der Waals surface area contributed by atoms with Crippen molar-refractivity contribution >= 4 is 29.1 Å². The summed E-state index contributed by atoms with van der Waals surface area (Å²) in [5.74, 6) is -2.47. The van der Waals surface area contributed by atoms with Crippen LogP contribution in [0.4, 0.5) is 11.4 Å². The summed E-state index contributed by atoms with van der Waals surface area (Å²) in [5, 5.41) is 6.15. The monoisotopic (exact) mass is 486 g/mol. The number of fused-ring (bicyclic) bond motifs is 1. The number of para-hydroxylation sites is 1. The normalized spacial score (nSPS) is 33.0. The molecule has 1 spiro atoms. The van der Waals surface area contributed by atoms with Crippen LogP contribution in [-0.2, 0) is 19.1 Å². The topological polar surface area (TPSA) is 101 Å². The Morgan fingerprint density at radius 3 is 2.53 bits per heavy atom. The number of hydrogen-bond acceptors (Lipinski definition) is 5. The van der Waals surface area contributed by atoms with Gasteiger partial charge in [-0.3, -0.25) is 24.3 Å². The van der Waals surface area contributed by atoms with Crippen molar-refractivity contribution in [2.24, 2.45) is 11.8 Å². The first-order chi connectivity index (χ1) is 17.4. The van der Waals surface area contributed by atoms with Crippen LogP contribution in [0.2, 0.25) is 0 Å². The van der Waals surface area contributed by atoms with Gasteiger partial charge in [0.25, 0.3) is 0 Å². The molecule has 0 unspecified atom stereocenters. The van der Waals surface area contributed by atoms with Crippen molar-refractivity contribution in [2.45, 2.75) is 62.3 Å². The highest BCUT2D eigenvalue weighted by Gasteiger charge is 2.76. The molecule has 36 heavy (non-hydrogen) atoms. The summed E-state index contributed by atoms with van der Waals surface area (Å²) in [6.45, 7) is 1.82. The van der Waals surface area contributed by atoms with Gasteiger partial charge in [0.05, 0.1) is 29.3 Å². The minimum atomic E-state index is -1.24. The van der Waals surface area contributed by atoms with E-state index in [1.54, 1.807) is 36.7 Å². The van der Waals surface area contributed by atoms with Crippen LogP contribution in [0.15, 0.2) is 67.0 Å². The van der Waals surface area contributed by atoms with Gasteiger partial charge in [0.2, 0.25) is 17.7 Å². The van der Waals surface area contributed by atoms with Crippen LogP contribution in [-0.4, -0.2) is 46.0 Å². The number of ether oxygens (including phenoxy) is 1. The van der Waals surface area contributed by atoms with Gasteiger partial charge in [-0.15, -0.1) is 0 Å². The van der Waals surface area contributed by atoms with E-state index in [-0.39, 0.29) is 23.8 Å². The fraction of sp³-hybridized carbons (Fsp3) is 0.429. The van der Waals surface area contributed by atoms with Crippen molar-refractivity contribution in [1.82, 2.24) is 10.3 Å². The quantitative estimate of drug-likeness (QED) is 0.632. The molecule has 3 fully saturated rings. The van der Waals surface area contributed by atoms with E-state index in [9.17, 15) is 14.4 Å². The average Bonchev–Trinajstić information content (AvgIpc) is 3.46. The van der Waals surface area contributed by atoms with Crippen LogP contribution in [0.1, 0.15) is 39.0 Å². The largest absolute Gasteiger partial charge is 0.356 e. The van der Waals surface area contributed by atoms with E-state index >= 15 is 0 Å². The molecule has 2 saturated heterocycles. The Hall–Kier alpha value is -3.52. The molecule has 4 heterocycles. The van der Waals surface area contributed by atoms with Gasteiger partial charge < -0.3 is 15.4 Å². The third-order valence-electron chi connectivity index (χ3n) is 8.15. The zero-order chi connectivity index (χ0) is 24.9. The predicted molar refractivity (Wildman–Crippen MR) is 134 cm³/mol. The fourth-order valence-electron chi connectivity index (χ4n) is 6.58. The number of anilines is 2. The lowest BCUT2D eigenvalue weighted by Crippen LogP contribution is -2.56. The van der Waals surface area contributed by atoms with E-state index in [0.717, 1.165) is 25.7 Å². The molecule has 0 radical (unpaired) electrons. The van der Waals surface area contributed by atoms with Crippen molar-refractivity contribution < 1.29 is 19.1 Å². The Morgan fingerprint density at radius 2 is 1.81 bits per heavy atom. The van der Waals surface area contributed by atoms with Crippen LogP contribution in [0.5, 0.6) is 0 Å². The highest BCUT2D eigenvalue weighted by Crippen LogP contribution is 2.60. The Morgan fingerprint density at radius 1 is 1.03 bits per heavy atom. The summed E-state index contributed by atoms with van der Waals surface area (Å²) >= 11 is 0. The number of carbonyl (C=O) groups is 3. The molecule has 3 aliphatic heterocycles. The zero-order valence-corrected chi connectivity index (χ0v) is 20.2. The predicted octanol–water partition coefficient (Wildman–Crippen LogP) is 3.21. The first-order valence-corrected chi connectivity index (χ1v) is 12.7. The van der Waals surface area contributed by atoms with Crippen LogP contribution >= 0.6 is 0 Å². The van der Waals surface area contributed by atoms with Gasteiger partial charge in [-0.25, -0.2) is 0 Å². The highest BCUT2D eigenvalue weighted by atomic mass is 16.5. The molecule has 3 amide bonds. The molecule has 8 nitrogen and oxygen atoms in total. The van der Waals surface area contributed by atoms with Crippen LogP contribution in [0.25, 0.3) is 0 Å². The second-order valence-electron chi connectivity index (χ2n) is 10.4. The molecule has 2 aromatic rings. The minimum Gasteiger partial charge on any atom is -0.356 e. The van der Waals surface area contributed by atoms with Crippen LogP contribution < -0.4 is 15.5 Å². The summed E-state index contributed by atoms with van der Waals surface area (Å²) in [6.07, 6.45) is 12.1. The van der Waals surface area contributed by atoms with E-state index in [0.29, 0.717) is 11.4 Å². The smallest absolute Gasteiger partial charge is 0.246 e. The number of carbonyl (C=O) groups excluding carboxylic acids is 3. The maximum atomic E-state index is 14.1. The molecule has 1 aromatic carbocycles.